The molecule has 2 fully saturated rings. The Bertz CT molecular complexity index is 1460. The van der Waals surface area contributed by atoms with Crippen molar-refractivity contribution in [2.45, 2.75) is 0 Å². The summed E-state index contributed by atoms with van der Waals surface area (Å²) < 4.78 is 0. The van der Waals surface area contributed by atoms with Crippen LogP contribution in [0.15, 0.2) is 84.5 Å². The van der Waals surface area contributed by atoms with Gasteiger partial charge in [0.1, 0.15) is 23.0 Å². The number of nitrogens with zero attached hydrogens (tertiary/aromatic N) is 7. The van der Waals surface area contributed by atoms with E-state index in [-0.39, 0.29) is 29.7 Å². The number of benzene rings is 1. The lowest BCUT2D eigenvalue weighted by Crippen LogP contribution is -2.52. The first-order chi connectivity index (χ1) is 20.0. The van der Waals surface area contributed by atoms with Crippen LogP contribution in [-0.2, 0) is 4.79 Å². The predicted molar refractivity (Wildman–Crippen MR) is 156 cm³/mol. The molecular formula is C31H33N7O3. The fraction of sp³-hybridized carbons (Fsp3) is 0.323. The van der Waals surface area contributed by atoms with Crippen LogP contribution in [-0.4, -0.2) is 108 Å². The number of amides is 1. The van der Waals surface area contributed by atoms with E-state index in [1.165, 1.54) is 4.90 Å². The number of ketones is 2. The van der Waals surface area contributed by atoms with Crippen LogP contribution in [0, 0.1) is 0 Å². The number of hydrogen-bond donors (Lipinski definition) is 0. The molecule has 41 heavy (non-hydrogen) atoms. The first kappa shape index (κ1) is 26.6. The average Bonchev–Trinajstić information content (AvgIpc) is 3.03. The van der Waals surface area contributed by atoms with E-state index in [1.807, 2.05) is 41.3 Å². The number of likely N-dealkylation sites (N-methyl/N-ethyl adjacent to an activating group) is 1. The lowest BCUT2D eigenvalue weighted by atomic mass is 9.89. The predicted octanol–water partition coefficient (Wildman–Crippen LogP) is 2.17. The molecule has 2 aromatic heterocycles. The monoisotopic (exact) mass is 551 g/mol. The van der Waals surface area contributed by atoms with Gasteiger partial charge in [0.25, 0.3) is 0 Å². The molecule has 10 nitrogen and oxygen atoms in total. The molecule has 0 bridgehead atoms. The fourth-order valence-corrected chi connectivity index (χ4v) is 5.75. The molecule has 2 aliphatic heterocycles. The summed E-state index contributed by atoms with van der Waals surface area (Å²) in [6.45, 7) is 5.45. The number of hydrogen-bond acceptors (Lipinski definition) is 9. The Morgan fingerprint density at radius 1 is 0.683 bits per heavy atom. The van der Waals surface area contributed by atoms with Gasteiger partial charge < -0.3 is 19.6 Å². The summed E-state index contributed by atoms with van der Waals surface area (Å²) >= 11 is 0. The van der Waals surface area contributed by atoms with Crippen molar-refractivity contribution in [3.63, 3.8) is 0 Å². The van der Waals surface area contributed by atoms with Gasteiger partial charge >= 0.3 is 0 Å². The summed E-state index contributed by atoms with van der Waals surface area (Å²) in [5, 5.41) is 0. The van der Waals surface area contributed by atoms with Gasteiger partial charge in [-0.3, -0.25) is 19.3 Å². The summed E-state index contributed by atoms with van der Waals surface area (Å²) in [4.78, 5) is 60.1. The van der Waals surface area contributed by atoms with Gasteiger partial charge in [-0.1, -0.05) is 36.4 Å². The number of carbonyl (C=O) groups is 3. The maximum atomic E-state index is 13.9. The fourth-order valence-electron chi connectivity index (χ4n) is 5.75. The minimum absolute atomic E-state index is 0.164. The van der Waals surface area contributed by atoms with Crippen molar-refractivity contribution in [1.29, 1.82) is 0 Å². The van der Waals surface area contributed by atoms with Crippen LogP contribution >= 0.6 is 0 Å². The number of allylic oxidation sites excluding steroid dienone is 2. The zero-order valence-electron chi connectivity index (χ0n) is 23.1. The van der Waals surface area contributed by atoms with Gasteiger partial charge in [0.2, 0.25) is 17.5 Å². The lowest BCUT2D eigenvalue weighted by molar-refractivity contribution is -0.129. The van der Waals surface area contributed by atoms with Crippen molar-refractivity contribution < 1.29 is 14.4 Å². The molecule has 2 saturated heterocycles. The van der Waals surface area contributed by atoms with Crippen LogP contribution in [0.5, 0.6) is 0 Å². The number of pyridine rings is 2. The molecule has 0 radical (unpaired) electrons. The normalized spacial score (nSPS) is 18.0. The Kier molecular flexibility index (Phi) is 7.47. The third kappa shape index (κ3) is 5.30. The van der Waals surface area contributed by atoms with Crippen LogP contribution in [0.25, 0.3) is 0 Å². The molecule has 3 aliphatic rings. The first-order valence-electron chi connectivity index (χ1n) is 14.0. The smallest absolute Gasteiger partial charge is 0.241 e. The molecule has 0 N–H and O–H groups in total. The van der Waals surface area contributed by atoms with Crippen molar-refractivity contribution in [3.05, 3.63) is 95.6 Å². The number of anilines is 2. The molecule has 4 heterocycles. The third-order valence-corrected chi connectivity index (χ3v) is 8.05. The highest BCUT2D eigenvalue weighted by molar-refractivity contribution is 6.27. The van der Waals surface area contributed by atoms with Gasteiger partial charge in [0, 0.05) is 82.9 Å². The van der Waals surface area contributed by atoms with Gasteiger partial charge in [0.15, 0.2) is 0 Å². The van der Waals surface area contributed by atoms with E-state index in [4.69, 9.17) is 0 Å². The minimum Gasteiger partial charge on any atom is -0.363 e. The SMILES string of the molecule is CN(C(=O)CN1CCN(c2ccccn2)CC1)C1=C(N2CCN(c3ccccn3)CC2)C(=O)c2ccccc2C1=O. The molecule has 3 aromatic rings. The van der Waals surface area contributed by atoms with Crippen LogP contribution in [0.4, 0.5) is 11.6 Å². The molecular weight excluding hydrogens is 518 g/mol. The van der Waals surface area contributed by atoms with Gasteiger partial charge in [-0.2, -0.15) is 0 Å². The molecule has 10 heteroatoms. The number of rotatable bonds is 6. The molecule has 210 valence electrons. The van der Waals surface area contributed by atoms with Gasteiger partial charge in [-0.05, 0) is 24.3 Å². The Labute approximate surface area is 239 Å². The second-order valence-corrected chi connectivity index (χ2v) is 10.5. The topological polar surface area (TPSA) is 93.2 Å². The van der Waals surface area contributed by atoms with Crippen LogP contribution in [0.2, 0.25) is 0 Å². The van der Waals surface area contributed by atoms with E-state index in [2.05, 4.69) is 24.7 Å². The van der Waals surface area contributed by atoms with E-state index < -0.39 is 0 Å². The molecule has 6 rings (SSSR count). The van der Waals surface area contributed by atoms with Crippen molar-refractivity contribution >= 4 is 29.1 Å². The standard InChI is InChI=1S/C31H33N7O3/c1-34(27(39)22-35-14-16-36(17-15-35)25-10-4-6-12-32-25)28-29(31(41)24-9-3-2-8-23(24)30(28)40)38-20-18-37(19-21-38)26-11-5-7-13-33-26/h2-13H,14-22H2,1H3. The summed E-state index contributed by atoms with van der Waals surface area (Å²) in [6, 6.07) is 18.5. The molecule has 0 unspecified atom stereocenters. The van der Waals surface area contributed by atoms with E-state index >= 15 is 0 Å². The number of Topliss-reactive ketones (excluding diaryl/α,β-unsaturated/α-hetero) is 2. The van der Waals surface area contributed by atoms with Gasteiger partial charge in [-0.15, -0.1) is 0 Å². The maximum absolute atomic E-state index is 13.9. The Hall–Kier alpha value is -4.57. The summed E-state index contributed by atoms with van der Waals surface area (Å²) in [7, 11) is 1.62. The summed E-state index contributed by atoms with van der Waals surface area (Å²) in [5.74, 6) is 1.09. The molecule has 0 atom stereocenters. The lowest BCUT2D eigenvalue weighted by Gasteiger charge is -2.40. The van der Waals surface area contributed by atoms with Crippen LogP contribution in [0.1, 0.15) is 20.7 Å². The van der Waals surface area contributed by atoms with Crippen molar-refractivity contribution in [3.8, 4) is 0 Å². The largest absolute Gasteiger partial charge is 0.363 e. The van der Waals surface area contributed by atoms with E-state index in [0.717, 1.165) is 24.7 Å². The second-order valence-electron chi connectivity index (χ2n) is 10.5. The average molecular weight is 552 g/mol. The molecule has 0 spiro atoms. The summed E-state index contributed by atoms with van der Waals surface area (Å²) in [5.41, 5.74) is 1.20. The minimum atomic E-state index is -0.293. The zero-order valence-corrected chi connectivity index (χ0v) is 23.1. The van der Waals surface area contributed by atoms with Crippen molar-refractivity contribution in [2.24, 2.45) is 0 Å². The Morgan fingerprint density at radius 3 is 1.71 bits per heavy atom. The number of fused-ring (bicyclic) bond motifs is 1. The third-order valence-electron chi connectivity index (χ3n) is 8.05. The zero-order chi connectivity index (χ0) is 28.3. The van der Waals surface area contributed by atoms with E-state index in [1.54, 1.807) is 43.7 Å². The number of aromatic nitrogens is 2. The maximum Gasteiger partial charge on any atom is 0.241 e. The van der Waals surface area contributed by atoms with Crippen LogP contribution in [0.3, 0.4) is 0 Å². The highest BCUT2D eigenvalue weighted by Gasteiger charge is 2.39. The highest BCUT2D eigenvalue weighted by atomic mass is 16.2. The quantitative estimate of drug-likeness (QED) is 0.457. The van der Waals surface area contributed by atoms with Crippen molar-refractivity contribution in [2.75, 3.05) is 75.8 Å². The summed E-state index contributed by atoms with van der Waals surface area (Å²) in [6.07, 6.45) is 3.55. The first-order valence-corrected chi connectivity index (χ1v) is 14.0. The molecule has 1 aromatic carbocycles. The van der Waals surface area contributed by atoms with Crippen LogP contribution < -0.4 is 9.80 Å². The highest BCUT2D eigenvalue weighted by Crippen LogP contribution is 2.31. The molecule has 1 amide bonds. The second kappa shape index (κ2) is 11.5. The van der Waals surface area contributed by atoms with Crippen molar-refractivity contribution in [1.82, 2.24) is 24.7 Å². The van der Waals surface area contributed by atoms with Gasteiger partial charge in [-0.25, -0.2) is 9.97 Å². The molecule has 1 aliphatic carbocycles. The van der Waals surface area contributed by atoms with E-state index in [0.29, 0.717) is 56.1 Å². The molecule has 0 saturated carbocycles. The Morgan fingerprint density at radius 2 is 1.17 bits per heavy atom. The van der Waals surface area contributed by atoms with E-state index in [9.17, 15) is 14.4 Å². The van der Waals surface area contributed by atoms with Gasteiger partial charge in [0.05, 0.1) is 6.54 Å². The number of piperazine rings is 2. The Balaban J connectivity index is 1.21. The number of carbonyl (C=O) groups excluding carboxylic acids is 3.